The third kappa shape index (κ3) is 5.10. The van der Waals surface area contributed by atoms with E-state index in [-0.39, 0.29) is 11.9 Å². The van der Waals surface area contributed by atoms with Crippen molar-refractivity contribution < 1.29 is 13.9 Å². The molecule has 1 aliphatic rings. The van der Waals surface area contributed by atoms with E-state index in [9.17, 15) is 9.18 Å². The average Bonchev–Trinajstić information content (AvgIpc) is 2.47. The molecule has 0 N–H and O–H groups in total. The third-order valence-corrected chi connectivity index (χ3v) is 3.84. The number of ether oxygens (including phenoxy) is 1. The Balaban J connectivity index is 2.93. The Morgan fingerprint density at radius 2 is 2.23 bits per heavy atom. The van der Waals surface area contributed by atoms with Crippen molar-refractivity contribution in [1.29, 1.82) is 0 Å². The summed E-state index contributed by atoms with van der Waals surface area (Å²) < 4.78 is 18.4. The number of rotatable bonds is 7. The quantitative estimate of drug-likeness (QED) is 0.516. The molecule has 3 nitrogen and oxygen atoms in total. The average molecular weight is 325 g/mol. The summed E-state index contributed by atoms with van der Waals surface area (Å²) in [6.45, 7) is 10.0. The molecule has 0 aliphatic carbocycles. The molecule has 3 unspecified atom stereocenters. The van der Waals surface area contributed by atoms with Gasteiger partial charge in [-0.3, -0.25) is 4.79 Å². The molecule has 0 bridgehead atoms. The lowest BCUT2D eigenvalue weighted by atomic mass is 9.97. The molecule has 0 fully saturated rings. The molecule has 5 heteroatoms. The van der Waals surface area contributed by atoms with Crippen molar-refractivity contribution >= 4 is 15.2 Å². The molecule has 0 saturated heterocycles. The minimum absolute atomic E-state index is 0.223. The van der Waals surface area contributed by atoms with Crippen LogP contribution in [-0.2, 0) is 9.53 Å². The molecule has 3 atom stereocenters. The highest BCUT2D eigenvalue weighted by atomic mass is 31.0. The van der Waals surface area contributed by atoms with Gasteiger partial charge >= 0.3 is 5.97 Å². The van der Waals surface area contributed by atoms with Crippen LogP contribution < -0.4 is 0 Å². The first kappa shape index (κ1) is 18.6. The predicted octanol–water partition coefficient (Wildman–Crippen LogP) is 4.31. The fraction of sp³-hybridized carbons (Fsp3) is 0.471. The van der Waals surface area contributed by atoms with E-state index in [2.05, 4.69) is 22.7 Å². The van der Waals surface area contributed by atoms with E-state index in [1.165, 1.54) is 0 Å². The molecule has 0 radical (unpaired) electrons. The fourth-order valence-electron chi connectivity index (χ4n) is 2.15. The van der Waals surface area contributed by atoms with Crippen LogP contribution in [0.4, 0.5) is 4.39 Å². The van der Waals surface area contributed by atoms with Crippen molar-refractivity contribution in [2.75, 3.05) is 6.61 Å². The summed E-state index contributed by atoms with van der Waals surface area (Å²) in [5.41, 5.74) is 2.22. The van der Waals surface area contributed by atoms with Crippen molar-refractivity contribution in [3.63, 3.8) is 0 Å². The molecular weight excluding hydrogens is 300 g/mol. The van der Waals surface area contributed by atoms with Gasteiger partial charge in [-0.25, -0.2) is 4.39 Å². The summed E-state index contributed by atoms with van der Waals surface area (Å²) in [4.78, 5) is 13.8. The van der Waals surface area contributed by atoms with Crippen molar-refractivity contribution in [1.82, 2.24) is 4.90 Å². The van der Waals surface area contributed by atoms with Gasteiger partial charge in [0.2, 0.25) is 0 Å². The van der Waals surface area contributed by atoms with Gasteiger partial charge in [0.25, 0.3) is 0 Å². The van der Waals surface area contributed by atoms with Crippen LogP contribution >= 0.6 is 9.24 Å². The number of nitrogens with zero attached hydrogens (tertiary/aromatic N) is 1. The van der Waals surface area contributed by atoms with E-state index in [0.29, 0.717) is 17.9 Å². The monoisotopic (exact) mass is 325 g/mol. The Hall–Kier alpha value is -1.41. The van der Waals surface area contributed by atoms with Crippen molar-refractivity contribution in [2.24, 2.45) is 5.92 Å². The molecule has 0 aromatic heterocycles. The second-order valence-corrected chi connectivity index (χ2v) is 5.77. The molecule has 1 aliphatic heterocycles. The first-order chi connectivity index (χ1) is 10.4. The van der Waals surface area contributed by atoms with Gasteiger partial charge in [0.1, 0.15) is 5.91 Å². The van der Waals surface area contributed by atoms with Crippen LogP contribution in [0.2, 0.25) is 0 Å². The van der Waals surface area contributed by atoms with Gasteiger partial charge in [-0.15, -0.1) is 0 Å². The summed E-state index contributed by atoms with van der Waals surface area (Å²) in [6, 6.07) is 0. The first-order valence-corrected chi connectivity index (χ1v) is 8.21. The van der Waals surface area contributed by atoms with Gasteiger partial charge < -0.3 is 9.64 Å². The maximum Gasteiger partial charge on any atom is 0.312 e. The van der Waals surface area contributed by atoms with E-state index in [0.717, 1.165) is 18.4 Å². The maximum absolute atomic E-state index is 13.3. The third-order valence-electron chi connectivity index (χ3n) is 3.45. The van der Waals surface area contributed by atoms with Crippen LogP contribution in [0.1, 0.15) is 33.6 Å². The molecule has 1 heterocycles. The fourth-order valence-corrected chi connectivity index (χ4v) is 2.36. The van der Waals surface area contributed by atoms with E-state index in [4.69, 9.17) is 4.74 Å². The lowest BCUT2D eigenvalue weighted by Gasteiger charge is -2.24. The number of halogens is 1. The van der Waals surface area contributed by atoms with Crippen molar-refractivity contribution in [3.8, 4) is 0 Å². The Kier molecular flexibility index (Phi) is 7.53. The van der Waals surface area contributed by atoms with Gasteiger partial charge in [0.05, 0.1) is 12.5 Å². The second-order valence-electron chi connectivity index (χ2n) is 5.19. The summed E-state index contributed by atoms with van der Waals surface area (Å²) in [5, 5.41) is 0. The van der Waals surface area contributed by atoms with Crippen molar-refractivity contribution in [3.05, 3.63) is 48.0 Å². The summed E-state index contributed by atoms with van der Waals surface area (Å²) >= 11 is 0. The lowest BCUT2D eigenvalue weighted by Crippen LogP contribution is -2.20. The number of hydrogen-bond acceptors (Lipinski definition) is 3. The largest absolute Gasteiger partial charge is 0.466 e. The Morgan fingerprint density at radius 1 is 1.55 bits per heavy atom. The Morgan fingerprint density at radius 3 is 2.73 bits per heavy atom. The zero-order valence-electron chi connectivity index (χ0n) is 13.5. The smallest absolute Gasteiger partial charge is 0.312 e. The van der Waals surface area contributed by atoms with Gasteiger partial charge in [-0.1, -0.05) is 29.2 Å². The zero-order chi connectivity index (χ0) is 16.7. The number of alkyl halides is 1. The number of carbonyl (C=O) groups excluding carboxylic acids is 1. The van der Waals surface area contributed by atoms with Crippen LogP contribution in [0.3, 0.4) is 0 Å². The number of carbonyl (C=O) groups is 1. The summed E-state index contributed by atoms with van der Waals surface area (Å²) in [6.07, 6.45) is 8.80. The molecule has 0 aromatic rings. The molecule has 122 valence electrons. The normalized spacial score (nSPS) is 18.0. The molecule has 0 spiro atoms. The molecule has 0 aromatic carbocycles. The number of esters is 1. The van der Waals surface area contributed by atoms with Crippen LogP contribution in [0, 0.1) is 5.92 Å². The van der Waals surface area contributed by atoms with Crippen LogP contribution in [-0.4, -0.2) is 23.4 Å². The summed E-state index contributed by atoms with van der Waals surface area (Å²) in [7, 11) is 2.12. The Bertz CT molecular complexity index is 509. The summed E-state index contributed by atoms with van der Waals surface area (Å²) in [5.74, 6) is -1.63. The highest BCUT2D eigenvalue weighted by Crippen LogP contribution is 2.26. The van der Waals surface area contributed by atoms with Gasteiger partial charge in [-0.05, 0) is 43.6 Å². The van der Waals surface area contributed by atoms with Gasteiger partial charge in [-0.2, -0.15) is 0 Å². The van der Waals surface area contributed by atoms with E-state index < -0.39 is 5.91 Å². The standard InChI is InChI=1S/C17H25FNO2P/c1-5-7-15(13(4)17(20)21-6-2)11-19-9-8-14(16(18)22)10-12(19)3/h8-11,13,16H,3,5-7,22H2,1-2,4H3/b15-11+. The molecular formula is C17H25FNO2P. The Labute approximate surface area is 134 Å². The number of allylic oxidation sites excluding steroid dienone is 3. The highest BCUT2D eigenvalue weighted by Gasteiger charge is 2.20. The van der Waals surface area contributed by atoms with Crippen LogP contribution in [0.25, 0.3) is 0 Å². The minimum atomic E-state index is -1.10. The molecule has 1 rings (SSSR count). The minimum Gasteiger partial charge on any atom is -0.466 e. The van der Waals surface area contributed by atoms with E-state index in [1.807, 2.05) is 18.0 Å². The molecule has 22 heavy (non-hydrogen) atoms. The predicted molar refractivity (Wildman–Crippen MR) is 91.6 cm³/mol. The van der Waals surface area contributed by atoms with Gasteiger partial charge in [0.15, 0.2) is 0 Å². The second kappa shape index (κ2) is 8.89. The van der Waals surface area contributed by atoms with Gasteiger partial charge in [0, 0.05) is 18.1 Å². The lowest BCUT2D eigenvalue weighted by molar-refractivity contribution is -0.146. The van der Waals surface area contributed by atoms with E-state index >= 15 is 0 Å². The first-order valence-electron chi connectivity index (χ1n) is 7.54. The van der Waals surface area contributed by atoms with Crippen molar-refractivity contribution in [2.45, 2.75) is 39.5 Å². The van der Waals surface area contributed by atoms with E-state index in [1.54, 1.807) is 25.3 Å². The maximum atomic E-state index is 13.3. The molecule has 0 saturated carbocycles. The topological polar surface area (TPSA) is 29.5 Å². The molecule has 0 amide bonds. The zero-order valence-corrected chi connectivity index (χ0v) is 14.7. The number of hydrogen-bond donors (Lipinski definition) is 0. The SMILES string of the molecule is C=C1C=C(C(F)P)C=CN1/C=C(\CCC)C(C)C(=O)OCC. The van der Waals surface area contributed by atoms with Crippen LogP contribution in [0.5, 0.6) is 0 Å². The van der Waals surface area contributed by atoms with Crippen LogP contribution in [0.15, 0.2) is 48.0 Å². The highest BCUT2D eigenvalue weighted by molar-refractivity contribution is 7.17.